The van der Waals surface area contributed by atoms with Crippen molar-refractivity contribution in [3.63, 3.8) is 0 Å². The second kappa shape index (κ2) is 5.65. The molecule has 1 amide bonds. The summed E-state index contributed by atoms with van der Waals surface area (Å²) in [7, 11) is -3.00. The van der Waals surface area contributed by atoms with E-state index in [1.54, 1.807) is 24.3 Å². The summed E-state index contributed by atoms with van der Waals surface area (Å²) in [6.45, 7) is 0. The number of anilines is 1. The number of amides is 1. The molecule has 9 heteroatoms. The Morgan fingerprint density at radius 2 is 2.18 bits per heavy atom. The van der Waals surface area contributed by atoms with Crippen molar-refractivity contribution in [2.75, 3.05) is 16.8 Å². The molecule has 0 aromatic heterocycles. The average Bonchev–Trinajstić information content (AvgIpc) is 2.95. The van der Waals surface area contributed by atoms with Gasteiger partial charge < -0.3 is 15.5 Å². The number of hydrogen-bond donors (Lipinski definition) is 2. The Kier molecular flexibility index (Phi) is 3.83. The molecule has 2 heterocycles. The van der Waals surface area contributed by atoms with Crippen LogP contribution in [0.1, 0.15) is 12.0 Å². The maximum atomic E-state index is 11.8. The summed E-state index contributed by atoms with van der Waals surface area (Å²) in [6.07, 6.45) is 0.478. The number of oxime groups is 1. The van der Waals surface area contributed by atoms with Crippen LogP contribution in [-0.2, 0) is 19.5 Å². The Bertz CT molecular complexity index is 773. The molecule has 1 aromatic carbocycles. The first kappa shape index (κ1) is 14.9. The molecule has 1 atom stereocenters. The summed E-state index contributed by atoms with van der Waals surface area (Å²) in [6, 6.07) is 6.82. The van der Waals surface area contributed by atoms with Gasteiger partial charge in [-0.1, -0.05) is 23.4 Å². The summed E-state index contributed by atoms with van der Waals surface area (Å²) in [5.41, 5.74) is 1.44. The fourth-order valence-electron chi connectivity index (χ4n) is 2.38. The SMILES string of the molecule is O=C1Nc2ccccc2/C1=N/OC(=S)NC1CCS(=O)(=O)C1. The quantitative estimate of drug-likeness (QED) is 0.599. The van der Waals surface area contributed by atoms with E-state index in [0.717, 1.165) is 0 Å². The molecular formula is C13H13N3O4S2. The molecule has 0 aliphatic carbocycles. The lowest BCUT2D eigenvalue weighted by molar-refractivity contribution is -0.110. The molecule has 7 nitrogen and oxygen atoms in total. The van der Waals surface area contributed by atoms with E-state index in [2.05, 4.69) is 15.8 Å². The van der Waals surface area contributed by atoms with E-state index < -0.39 is 9.84 Å². The number of carbonyl (C=O) groups is 1. The standard InChI is InChI=1S/C13H13N3O4S2/c17-12-11(9-3-1-2-4-10(9)15-12)16-20-13(21)14-8-5-6-22(18,19)7-8/h1-4,8H,5-7H2,(H,14,21)(H,15,16,17). The number of nitrogens with zero attached hydrogens (tertiary/aromatic N) is 1. The summed E-state index contributed by atoms with van der Waals surface area (Å²) < 4.78 is 22.7. The van der Waals surface area contributed by atoms with Crippen molar-refractivity contribution in [1.29, 1.82) is 0 Å². The monoisotopic (exact) mass is 339 g/mol. The number of sulfone groups is 1. The minimum atomic E-state index is -3.00. The van der Waals surface area contributed by atoms with Crippen LogP contribution < -0.4 is 10.6 Å². The molecule has 1 aromatic rings. The number of thiocarbonyl (C=S) groups is 1. The van der Waals surface area contributed by atoms with Gasteiger partial charge in [0.25, 0.3) is 11.1 Å². The lowest BCUT2D eigenvalue weighted by atomic mass is 10.1. The lowest BCUT2D eigenvalue weighted by Gasteiger charge is -2.10. The molecule has 2 aliphatic rings. The summed E-state index contributed by atoms with van der Waals surface area (Å²) in [5.74, 6) is -0.207. The van der Waals surface area contributed by atoms with Crippen LogP contribution in [0.4, 0.5) is 5.69 Å². The van der Waals surface area contributed by atoms with Crippen molar-refractivity contribution in [3.05, 3.63) is 29.8 Å². The molecule has 0 saturated carbocycles. The average molecular weight is 339 g/mol. The lowest BCUT2D eigenvalue weighted by Crippen LogP contribution is -2.35. The van der Waals surface area contributed by atoms with Gasteiger partial charge in [0.2, 0.25) is 0 Å². The molecule has 2 aliphatic heterocycles. The fraction of sp³-hybridized carbons (Fsp3) is 0.308. The van der Waals surface area contributed by atoms with Crippen molar-refractivity contribution < 1.29 is 18.0 Å². The molecular weight excluding hydrogens is 326 g/mol. The van der Waals surface area contributed by atoms with Gasteiger partial charge in [0, 0.05) is 11.6 Å². The predicted molar refractivity (Wildman–Crippen MR) is 85.5 cm³/mol. The van der Waals surface area contributed by atoms with Gasteiger partial charge in [0.1, 0.15) is 0 Å². The highest BCUT2D eigenvalue weighted by atomic mass is 32.2. The molecule has 0 radical (unpaired) electrons. The summed E-state index contributed by atoms with van der Waals surface area (Å²) in [4.78, 5) is 16.8. The molecule has 22 heavy (non-hydrogen) atoms. The Labute approximate surface area is 132 Å². The number of benzene rings is 1. The van der Waals surface area contributed by atoms with Crippen molar-refractivity contribution in [2.45, 2.75) is 12.5 Å². The Morgan fingerprint density at radius 1 is 1.41 bits per heavy atom. The van der Waals surface area contributed by atoms with E-state index in [-0.39, 0.29) is 34.3 Å². The predicted octanol–water partition coefficient (Wildman–Crippen LogP) is 0.421. The van der Waals surface area contributed by atoms with E-state index in [9.17, 15) is 13.2 Å². The minimum absolute atomic E-state index is 0.0242. The highest BCUT2D eigenvalue weighted by molar-refractivity contribution is 7.91. The van der Waals surface area contributed by atoms with E-state index in [4.69, 9.17) is 17.1 Å². The molecule has 116 valence electrons. The zero-order chi connectivity index (χ0) is 15.7. The first-order valence-corrected chi connectivity index (χ1v) is 8.84. The first-order chi connectivity index (χ1) is 10.4. The van der Waals surface area contributed by atoms with Crippen LogP contribution in [0.3, 0.4) is 0 Å². The Morgan fingerprint density at radius 3 is 2.91 bits per heavy atom. The highest BCUT2D eigenvalue weighted by Crippen LogP contribution is 2.22. The van der Waals surface area contributed by atoms with Crippen LogP contribution in [-0.4, -0.2) is 42.8 Å². The molecule has 0 spiro atoms. The second-order valence-corrected chi connectivity index (χ2v) is 7.66. The van der Waals surface area contributed by atoms with Crippen LogP contribution in [0.2, 0.25) is 0 Å². The number of nitrogens with one attached hydrogen (secondary N) is 2. The van der Waals surface area contributed by atoms with Gasteiger partial charge in [-0.05, 0) is 24.7 Å². The van der Waals surface area contributed by atoms with Gasteiger partial charge >= 0.3 is 0 Å². The Hall–Kier alpha value is -2.00. The maximum absolute atomic E-state index is 11.8. The molecule has 1 unspecified atom stereocenters. The van der Waals surface area contributed by atoms with Gasteiger partial charge in [0.05, 0.1) is 17.2 Å². The molecule has 2 N–H and O–H groups in total. The molecule has 1 fully saturated rings. The number of hydrogen-bond acceptors (Lipinski definition) is 6. The van der Waals surface area contributed by atoms with E-state index >= 15 is 0 Å². The molecule has 0 bridgehead atoms. The topological polar surface area (TPSA) is 96.9 Å². The van der Waals surface area contributed by atoms with Crippen molar-refractivity contribution in [2.24, 2.45) is 5.16 Å². The zero-order valence-electron chi connectivity index (χ0n) is 11.4. The summed E-state index contributed by atoms with van der Waals surface area (Å²) in [5, 5.41) is 9.18. The first-order valence-electron chi connectivity index (χ1n) is 6.61. The van der Waals surface area contributed by atoms with Crippen molar-refractivity contribution in [1.82, 2.24) is 5.32 Å². The van der Waals surface area contributed by atoms with Crippen LogP contribution >= 0.6 is 12.2 Å². The van der Waals surface area contributed by atoms with Crippen LogP contribution in [0.15, 0.2) is 29.4 Å². The largest absolute Gasteiger partial charge is 0.341 e. The van der Waals surface area contributed by atoms with Gasteiger partial charge in [-0.15, -0.1) is 0 Å². The smallest absolute Gasteiger partial charge is 0.289 e. The second-order valence-electron chi connectivity index (χ2n) is 5.06. The van der Waals surface area contributed by atoms with Gasteiger partial charge in [0.15, 0.2) is 15.5 Å². The highest BCUT2D eigenvalue weighted by Gasteiger charge is 2.29. The van der Waals surface area contributed by atoms with Crippen LogP contribution in [0.25, 0.3) is 0 Å². The zero-order valence-corrected chi connectivity index (χ0v) is 13.0. The number of carbonyl (C=O) groups excluding carboxylic acids is 1. The Balaban J connectivity index is 1.65. The van der Waals surface area contributed by atoms with E-state index in [1.165, 1.54) is 0 Å². The normalized spacial score (nSPS) is 23.9. The van der Waals surface area contributed by atoms with E-state index in [0.29, 0.717) is 17.7 Å². The number of para-hydroxylation sites is 1. The van der Waals surface area contributed by atoms with Crippen LogP contribution in [0, 0.1) is 0 Å². The van der Waals surface area contributed by atoms with Gasteiger partial charge in [-0.3, -0.25) is 4.79 Å². The molecule has 3 rings (SSSR count). The summed E-state index contributed by atoms with van der Waals surface area (Å²) >= 11 is 4.97. The van der Waals surface area contributed by atoms with Crippen molar-refractivity contribution in [3.8, 4) is 0 Å². The third-order valence-electron chi connectivity index (χ3n) is 3.42. The van der Waals surface area contributed by atoms with Crippen molar-refractivity contribution >= 4 is 44.5 Å². The maximum Gasteiger partial charge on any atom is 0.289 e. The van der Waals surface area contributed by atoms with E-state index in [1.807, 2.05) is 0 Å². The van der Waals surface area contributed by atoms with Gasteiger partial charge in [-0.25, -0.2) is 8.42 Å². The number of rotatable bonds is 2. The fourth-order valence-corrected chi connectivity index (χ4v) is 4.26. The molecule has 1 saturated heterocycles. The number of fused-ring (bicyclic) bond motifs is 1. The minimum Gasteiger partial charge on any atom is -0.341 e. The van der Waals surface area contributed by atoms with Gasteiger partial charge in [-0.2, -0.15) is 0 Å². The third-order valence-corrected chi connectivity index (χ3v) is 5.38. The third kappa shape index (κ3) is 3.09. The van der Waals surface area contributed by atoms with Crippen LogP contribution in [0.5, 0.6) is 0 Å².